The number of nitrogens with zero attached hydrogens (tertiary/aromatic N) is 2. The number of aromatic nitrogens is 2. The van der Waals surface area contributed by atoms with E-state index >= 15 is 0 Å². The molecule has 1 aromatic heterocycles. The normalized spacial score (nSPS) is 16.2. The fraction of sp³-hybridized carbons (Fsp3) is 0.471. The van der Waals surface area contributed by atoms with Crippen molar-refractivity contribution in [1.82, 2.24) is 15.5 Å². The van der Waals surface area contributed by atoms with E-state index in [-0.39, 0.29) is 11.9 Å². The van der Waals surface area contributed by atoms with Crippen molar-refractivity contribution in [3.63, 3.8) is 0 Å². The first kappa shape index (κ1) is 18.0. The predicted molar refractivity (Wildman–Crippen MR) is 101 cm³/mol. The number of anilines is 1. The molecular weight excluding hydrogens is 356 g/mol. The first-order valence-corrected chi connectivity index (χ1v) is 10.1. The summed E-state index contributed by atoms with van der Waals surface area (Å²) in [5, 5.41) is 15.4. The summed E-state index contributed by atoms with van der Waals surface area (Å²) in [7, 11) is 0. The van der Waals surface area contributed by atoms with Gasteiger partial charge in [0.1, 0.15) is 5.75 Å². The van der Waals surface area contributed by atoms with Crippen molar-refractivity contribution in [1.29, 1.82) is 0 Å². The maximum absolute atomic E-state index is 12.3. The summed E-state index contributed by atoms with van der Waals surface area (Å²) >= 11 is 2.90. The van der Waals surface area contributed by atoms with Gasteiger partial charge in [-0.1, -0.05) is 55.1 Å². The molecule has 134 valence electrons. The molecule has 1 amide bonds. The Labute approximate surface area is 155 Å². The maximum Gasteiger partial charge on any atom is 0.230 e. The molecule has 6 nitrogen and oxygen atoms in total. The minimum absolute atomic E-state index is 0.00130. The lowest BCUT2D eigenvalue weighted by atomic mass is 10.0. The zero-order valence-corrected chi connectivity index (χ0v) is 16.0. The van der Waals surface area contributed by atoms with Crippen LogP contribution in [0.4, 0.5) is 5.13 Å². The van der Waals surface area contributed by atoms with Gasteiger partial charge in [-0.15, -0.1) is 10.2 Å². The standard InChI is InChI=1S/C17H22N4O2S2/c1-11(2)9-18-16-20-21-17(25-16)24-10-15(22)19-13-7-8-23-14-6-4-3-5-12(13)14/h3-6,11,13H,7-10H2,1-2H3,(H,18,20)(H,19,22). The minimum Gasteiger partial charge on any atom is -0.493 e. The van der Waals surface area contributed by atoms with E-state index in [1.54, 1.807) is 0 Å². The summed E-state index contributed by atoms with van der Waals surface area (Å²) in [5.41, 5.74) is 1.04. The number of carbonyl (C=O) groups excluding carboxylic acids is 1. The van der Waals surface area contributed by atoms with Crippen LogP contribution >= 0.6 is 23.1 Å². The number of amides is 1. The third-order valence-corrected chi connectivity index (χ3v) is 5.70. The van der Waals surface area contributed by atoms with E-state index in [1.807, 2.05) is 24.3 Å². The van der Waals surface area contributed by atoms with Gasteiger partial charge in [0.05, 0.1) is 18.4 Å². The molecule has 1 aliphatic rings. The van der Waals surface area contributed by atoms with Gasteiger partial charge >= 0.3 is 0 Å². The van der Waals surface area contributed by atoms with E-state index in [1.165, 1.54) is 23.1 Å². The molecule has 2 heterocycles. The number of carbonyl (C=O) groups is 1. The van der Waals surface area contributed by atoms with Gasteiger partial charge in [-0.2, -0.15) is 0 Å². The Bertz CT molecular complexity index is 720. The van der Waals surface area contributed by atoms with Crippen LogP contribution in [0, 0.1) is 5.92 Å². The number of fused-ring (bicyclic) bond motifs is 1. The number of benzene rings is 1. The Hall–Kier alpha value is -1.80. The zero-order valence-electron chi connectivity index (χ0n) is 14.3. The largest absolute Gasteiger partial charge is 0.493 e. The Morgan fingerprint density at radius 1 is 1.40 bits per heavy atom. The molecule has 25 heavy (non-hydrogen) atoms. The first-order chi connectivity index (χ1) is 12.1. The highest BCUT2D eigenvalue weighted by Gasteiger charge is 2.22. The highest BCUT2D eigenvalue weighted by Crippen LogP contribution is 2.32. The van der Waals surface area contributed by atoms with E-state index in [0.29, 0.717) is 18.3 Å². The topological polar surface area (TPSA) is 76.1 Å². The summed E-state index contributed by atoms with van der Waals surface area (Å²) in [6, 6.07) is 7.86. The Kier molecular flexibility index (Phi) is 6.14. The lowest BCUT2D eigenvalue weighted by molar-refractivity contribution is -0.119. The second kappa shape index (κ2) is 8.53. The lowest BCUT2D eigenvalue weighted by Gasteiger charge is -2.26. The highest BCUT2D eigenvalue weighted by atomic mass is 32.2. The fourth-order valence-electron chi connectivity index (χ4n) is 2.49. The van der Waals surface area contributed by atoms with Gasteiger partial charge in [-0.05, 0) is 12.0 Å². The number of hydrogen-bond donors (Lipinski definition) is 2. The summed E-state index contributed by atoms with van der Waals surface area (Å²) in [4.78, 5) is 12.3. The molecule has 2 N–H and O–H groups in total. The molecule has 0 saturated carbocycles. The van der Waals surface area contributed by atoms with Gasteiger partial charge < -0.3 is 15.4 Å². The quantitative estimate of drug-likeness (QED) is 0.720. The van der Waals surface area contributed by atoms with Crippen molar-refractivity contribution in [3.8, 4) is 5.75 Å². The van der Waals surface area contributed by atoms with Gasteiger partial charge in [-0.25, -0.2) is 0 Å². The zero-order chi connectivity index (χ0) is 17.6. The van der Waals surface area contributed by atoms with E-state index in [0.717, 1.165) is 33.7 Å². The van der Waals surface area contributed by atoms with Crippen LogP contribution in [-0.4, -0.2) is 35.0 Å². The molecular formula is C17H22N4O2S2. The van der Waals surface area contributed by atoms with Crippen LogP contribution in [0.25, 0.3) is 0 Å². The van der Waals surface area contributed by atoms with E-state index < -0.39 is 0 Å². The fourth-order valence-corrected chi connectivity index (χ4v) is 4.06. The van der Waals surface area contributed by atoms with Crippen molar-refractivity contribution < 1.29 is 9.53 Å². The van der Waals surface area contributed by atoms with Gasteiger partial charge in [0.15, 0.2) is 4.34 Å². The maximum atomic E-state index is 12.3. The lowest BCUT2D eigenvalue weighted by Crippen LogP contribution is -2.33. The van der Waals surface area contributed by atoms with Crippen molar-refractivity contribution in [2.24, 2.45) is 5.92 Å². The average Bonchev–Trinajstić information content (AvgIpc) is 3.06. The predicted octanol–water partition coefficient (Wildman–Crippen LogP) is 3.34. The molecule has 1 aliphatic heterocycles. The van der Waals surface area contributed by atoms with Crippen molar-refractivity contribution in [2.75, 3.05) is 24.2 Å². The molecule has 0 aliphatic carbocycles. The number of para-hydroxylation sites is 1. The van der Waals surface area contributed by atoms with E-state index in [2.05, 4.69) is 34.7 Å². The Morgan fingerprint density at radius 2 is 2.24 bits per heavy atom. The molecule has 1 atom stereocenters. The smallest absolute Gasteiger partial charge is 0.230 e. The molecule has 0 spiro atoms. The highest BCUT2D eigenvalue weighted by molar-refractivity contribution is 8.01. The molecule has 2 aromatic rings. The van der Waals surface area contributed by atoms with Crippen LogP contribution in [0.1, 0.15) is 31.9 Å². The molecule has 0 bridgehead atoms. The third kappa shape index (κ3) is 5.09. The average molecular weight is 379 g/mol. The van der Waals surface area contributed by atoms with Crippen LogP contribution in [0.2, 0.25) is 0 Å². The van der Waals surface area contributed by atoms with E-state index in [4.69, 9.17) is 4.74 Å². The second-order valence-electron chi connectivity index (χ2n) is 6.23. The Morgan fingerprint density at radius 3 is 3.08 bits per heavy atom. The van der Waals surface area contributed by atoms with Crippen LogP contribution in [-0.2, 0) is 4.79 Å². The number of thioether (sulfide) groups is 1. The summed E-state index contributed by atoms with van der Waals surface area (Å²) in [5.74, 6) is 1.74. The van der Waals surface area contributed by atoms with Crippen molar-refractivity contribution >= 4 is 34.1 Å². The molecule has 8 heteroatoms. The molecule has 0 saturated heterocycles. The molecule has 0 radical (unpaired) electrons. The number of nitrogens with one attached hydrogen (secondary N) is 2. The molecule has 3 rings (SSSR count). The third-order valence-electron chi connectivity index (χ3n) is 3.69. The molecule has 1 unspecified atom stereocenters. The van der Waals surface area contributed by atoms with Crippen LogP contribution in [0.5, 0.6) is 5.75 Å². The van der Waals surface area contributed by atoms with Crippen LogP contribution in [0.15, 0.2) is 28.6 Å². The Balaban J connectivity index is 1.49. The monoisotopic (exact) mass is 378 g/mol. The minimum atomic E-state index is -0.00130. The van der Waals surface area contributed by atoms with Crippen LogP contribution in [0.3, 0.4) is 0 Å². The number of rotatable bonds is 7. The summed E-state index contributed by atoms with van der Waals surface area (Å²) in [6.45, 7) is 5.77. The van der Waals surface area contributed by atoms with Crippen LogP contribution < -0.4 is 15.4 Å². The van der Waals surface area contributed by atoms with Gasteiger partial charge in [0, 0.05) is 18.5 Å². The first-order valence-electron chi connectivity index (χ1n) is 8.33. The van der Waals surface area contributed by atoms with E-state index in [9.17, 15) is 4.79 Å². The second-order valence-corrected chi connectivity index (χ2v) is 8.43. The van der Waals surface area contributed by atoms with Crippen molar-refractivity contribution in [3.05, 3.63) is 29.8 Å². The number of hydrogen-bond acceptors (Lipinski definition) is 7. The van der Waals surface area contributed by atoms with Crippen molar-refractivity contribution in [2.45, 2.75) is 30.6 Å². The van der Waals surface area contributed by atoms with Gasteiger partial charge in [0.25, 0.3) is 0 Å². The van der Waals surface area contributed by atoms with Gasteiger partial charge in [0.2, 0.25) is 11.0 Å². The molecule has 0 fully saturated rings. The van der Waals surface area contributed by atoms with Gasteiger partial charge in [-0.3, -0.25) is 4.79 Å². The molecule has 1 aromatic carbocycles. The summed E-state index contributed by atoms with van der Waals surface area (Å²) in [6.07, 6.45) is 0.787. The number of ether oxygens (including phenoxy) is 1. The SMILES string of the molecule is CC(C)CNc1nnc(SCC(=O)NC2CCOc3ccccc32)s1. The summed E-state index contributed by atoms with van der Waals surface area (Å²) < 4.78 is 6.43.